The zero-order valence-corrected chi connectivity index (χ0v) is 15.1. The van der Waals surface area contributed by atoms with Crippen LogP contribution in [0, 0.1) is 17.2 Å². The van der Waals surface area contributed by atoms with Crippen molar-refractivity contribution in [2.75, 3.05) is 30.4 Å². The molecule has 0 radical (unpaired) electrons. The Balaban J connectivity index is 1.69. The summed E-state index contributed by atoms with van der Waals surface area (Å²) in [5, 5.41) is 15.4. The van der Waals surface area contributed by atoms with Gasteiger partial charge in [0.2, 0.25) is 0 Å². The van der Waals surface area contributed by atoms with Crippen molar-refractivity contribution in [3.63, 3.8) is 0 Å². The van der Waals surface area contributed by atoms with Gasteiger partial charge in [0.15, 0.2) is 0 Å². The molecule has 2 N–H and O–H groups in total. The molecule has 2 aromatic heterocycles. The third-order valence-electron chi connectivity index (χ3n) is 4.62. The van der Waals surface area contributed by atoms with Gasteiger partial charge >= 0.3 is 6.18 Å². The molecule has 3 heterocycles. The lowest BCUT2D eigenvalue weighted by Crippen LogP contribution is -2.23. The second-order valence-corrected chi connectivity index (χ2v) is 6.55. The van der Waals surface area contributed by atoms with Gasteiger partial charge in [-0.2, -0.15) is 18.4 Å². The first-order valence-electron chi connectivity index (χ1n) is 8.93. The number of pyridine rings is 2. The van der Waals surface area contributed by atoms with E-state index in [1.807, 2.05) is 0 Å². The Labute approximate surface area is 160 Å². The lowest BCUT2D eigenvalue weighted by molar-refractivity contribution is -0.138. The van der Waals surface area contributed by atoms with Crippen molar-refractivity contribution < 1.29 is 17.9 Å². The van der Waals surface area contributed by atoms with E-state index in [1.165, 1.54) is 12.4 Å². The minimum Gasteiger partial charge on any atom is -0.384 e. The summed E-state index contributed by atoms with van der Waals surface area (Å²) >= 11 is 0. The lowest BCUT2D eigenvalue weighted by Gasteiger charge is -2.23. The maximum Gasteiger partial charge on any atom is 0.416 e. The Morgan fingerprint density at radius 1 is 1.21 bits per heavy atom. The van der Waals surface area contributed by atoms with Crippen LogP contribution in [-0.2, 0) is 17.5 Å². The third kappa shape index (κ3) is 5.10. The molecule has 3 rings (SSSR count). The SMILES string of the molecule is N#Cc1cnc(NCc2cnccc2C(F)(F)F)cc1NCC1CCOCC1. The summed E-state index contributed by atoms with van der Waals surface area (Å²) < 4.78 is 44.6. The summed E-state index contributed by atoms with van der Waals surface area (Å²) in [5.41, 5.74) is 0.281. The average molecular weight is 391 g/mol. The van der Waals surface area contributed by atoms with Crippen LogP contribution in [0.4, 0.5) is 24.7 Å². The standard InChI is InChI=1S/C19H20F3N5O/c20-19(21,22)16-1-4-24-10-15(16)12-27-18-7-17(14(8-23)11-26-18)25-9-13-2-5-28-6-3-13/h1,4,7,10-11,13H,2-3,5-6,9,12H2,(H2,25,26,27). The van der Waals surface area contributed by atoms with Crippen LogP contribution in [0.15, 0.2) is 30.7 Å². The van der Waals surface area contributed by atoms with Gasteiger partial charge in [0.25, 0.3) is 0 Å². The largest absolute Gasteiger partial charge is 0.416 e. The summed E-state index contributed by atoms with van der Waals surface area (Å²) in [6.45, 7) is 2.07. The highest BCUT2D eigenvalue weighted by Gasteiger charge is 2.33. The molecule has 0 saturated carbocycles. The number of nitriles is 1. The van der Waals surface area contributed by atoms with Crippen molar-refractivity contribution in [1.82, 2.24) is 9.97 Å². The molecule has 0 spiro atoms. The number of alkyl halides is 3. The Kier molecular flexibility index (Phi) is 6.31. The van der Waals surface area contributed by atoms with Crippen LogP contribution in [0.3, 0.4) is 0 Å². The minimum atomic E-state index is -4.45. The van der Waals surface area contributed by atoms with Gasteiger partial charge in [0.1, 0.15) is 11.9 Å². The quantitative estimate of drug-likeness (QED) is 0.779. The fourth-order valence-electron chi connectivity index (χ4n) is 3.02. The number of nitrogens with one attached hydrogen (secondary N) is 2. The Morgan fingerprint density at radius 3 is 2.71 bits per heavy atom. The number of halogens is 3. The fraction of sp³-hybridized carbons (Fsp3) is 0.421. The number of ether oxygens (including phenoxy) is 1. The molecule has 1 fully saturated rings. The molecule has 6 nitrogen and oxygen atoms in total. The van der Waals surface area contributed by atoms with Gasteiger partial charge in [0, 0.05) is 56.5 Å². The zero-order valence-electron chi connectivity index (χ0n) is 15.1. The topological polar surface area (TPSA) is 82.9 Å². The maximum atomic E-state index is 13.1. The third-order valence-corrected chi connectivity index (χ3v) is 4.62. The number of aromatic nitrogens is 2. The van der Waals surface area contributed by atoms with Crippen LogP contribution in [0.1, 0.15) is 29.5 Å². The number of hydrogen-bond donors (Lipinski definition) is 2. The molecule has 1 aliphatic heterocycles. The molecule has 0 unspecified atom stereocenters. The predicted molar refractivity (Wildman–Crippen MR) is 97.6 cm³/mol. The number of anilines is 2. The number of rotatable bonds is 6. The van der Waals surface area contributed by atoms with E-state index in [-0.39, 0.29) is 12.1 Å². The lowest BCUT2D eigenvalue weighted by atomic mass is 10.0. The summed E-state index contributed by atoms with van der Waals surface area (Å²) in [6.07, 6.45) is 1.16. The highest BCUT2D eigenvalue weighted by atomic mass is 19.4. The molecular weight excluding hydrogens is 371 g/mol. The molecule has 0 amide bonds. The summed E-state index contributed by atoms with van der Waals surface area (Å²) in [5.74, 6) is 0.833. The van der Waals surface area contributed by atoms with Gasteiger partial charge in [-0.3, -0.25) is 4.98 Å². The van der Waals surface area contributed by atoms with E-state index >= 15 is 0 Å². The van der Waals surface area contributed by atoms with Crippen LogP contribution in [0.2, 0.25) is 0 Å². The normalized spacial score (nSPS) is 15.1. The molecule has 0 bridgehead atoms. The molecule has 28 heavy (non-hydrogen) atoms. The van der Waals surface area contributed by atoms with Crippen LogP contribution < -0.4 is 10.6 Å². The number of hydrogen-bond acceptors (Lipinski definition) is 6. The minimum absolute atomic E-state index is 0.0258. The molecule has 2 aromatic rings. The van der Waals surface area contributed by atoms with Gasteiger partial charge in [-0.15, -0.1) is 0 Å². The molecule has 0 aromatic carbocycles. The Hall–Kier alpha value is -2.86. The van der Waals surface area contributed by atoms with E-state index in [4.69, 9.17) is 4.74 Å². The van der Waals surface area contributed by atoms with Gasteiger partial charge in [-0.25, -0.2) is 4.98 Å². The molecule has 0 aliphatic carbocycles. The maximum absolute atomic E-state index is 13.1. The molecular formula is C19H20F3N5O. The molecule has 9 heteroatoms. The van der Waals surface area contributed by atoms with Crippen molar-refractivity contribution in [2.24, 2.45) is 5.92 Å². The summed E-state index contributed by atoms with van der Waals surface area (Å²) in [7, 11) is 0. The number of nitrogens with zero attached hydrogens (tertiary/aromatic N) is 3. The second kappa shape index (κ2) is 8.89. The summed E-state index contributed by atoms with van der Waals surface area (Å²) in [6, 6.07) is 4.67. The van der Waals surface area contributed by atoms with Crippen molar-refractivity contribution in [3.8, 4) is 6.07 Å². The van der Waals surface area contributed by atoms with Crippen molar-refractivity contribution in [2.45, 2.75) is 25.6 Å². The van der Waals surface area contributed by atoms with E-state index < -0.39 is 11.7 Å². The van der Waals surface area contributed by atoms with Crippen molar-refractivity contribution >= 4 is 11.5 Å². The molecule has 1 saturated heterocycles. The van der Waals surface area contributed by atoms with Crippen molar-refractivity contribution in [3.05, 3.63) is 47.4 Å². The molecule has 148 valence electrons. The van der Waals surface area contributed by atoms with E-state index in [0.29, 0.717) is 29.5 Å². The van der Waals surface area contributed by atoms with Gasteiger partial charge in [-0.05, 0) is 24.8 Å². The average Bonchev–Trinajstić information content (AvgIpc) is 2.71. The smallest absolute Gasteiger partial charge is 0.384 e. The second-order valence-electron chi connectivity index (χ2n) is 6.55. The van der Waals surface area contributed by atoms with Crippen LogP contribution in [-0.4, -0.2) is 29.7 Å². The Morgan fingerprint density at radius 2 is 2.00 bits per heavy atom. The van der Waals surface area contributed by atoms with E-state index in [0.717, 1.165) is 38.3 Å². The first-order valence-corrected chi connectivity index (χ1v) is 8.93. The van der Waals surface area contributed by atoms with Gasteiger partial charge in [-0.1, -0.05) is 0 Å². The monoisotopic (exact) mass is 391 g/mol. The zero-order chi connectivity index (χ0) is 20.0. The highest BCUT2D eigenvalue weighted by molar-refractivity contribution is 5.61. The van der Waals surface area contributed by atoms with Crippen molar-refractivity contribution in [1.29, 1.82) is 5.26 Å². The van der Waals surface area contributed by atoms with E-state index in [1.54, 1.807) is 6.07 Å². The summed E-state index contributed by atoms with van der Waals surface area (Å²) in [4.78, 5) is 7.89. The van der Waals surface area contributed by atoms with Gasteiger partial charge < -0.3 is 15.4 Å². The molecule has 1 aliphatic rings. The van der Waals surface area contributed by atoms with Crippen LogP contribution in [0.25, 0.3) is 0 Å². The van der Waals surface area contributed by atoms with E-state index in [9.17, 15) is 18.4 Å². The van der Waals surface area contributed by atoms with Gasteiger partial charge in [0.05, 0.1) is 16.8 Å². The first-order chi connectivity index (χ1) is 13.5. The molecule has 0 atom stereocenters. The first kappa shape index (κ1) is 19.9. The van der Waals surface area contributed by atoms with Crippen LogP contribution >= 0.6 is 0 Å². The fourth-order valence-corrected chi connectivity index (χ4v) is 3.02. The highest BCUT2D eigenvalue weighted by Crippen LogP contribution is 2.31. The predicted octanol–water partition coefficient (Wildman–Crippen LogP) is 3.82. The van der Waals surface area contributed by atoms with E-state index in [2.05, 4.69) is 26.7 Å². The van der Waals surface area contributed by atoms with Crippen LogP contribution in [0.5, 0.6) is 0 Å². The Bertz CT molecular complexity index is 844.